The Morgan fingerprint density at radius 3 is 2.45 bits per heavy atom. The topological polar surface area (TPSA) is 70.1 Å². The normalized spacial score (nSPS) is 14.9. The second kappa shape index (κ2) is 6.91. The Labute approximate surface area is 117 Å². The zero-order valence-corrected chi connectivity index (χ0v) is 11.2. The number of hydrogen-bond donors (Lipinski definition) is 1. The first-order valence-corrected chi connectivity index (χ1v) is 6.59. The van der Waals surface area contributed by atoms with E-state index in [4.69, 9.17) is 9.84 Å². The summed E-state index contributed by atoms with van der Waals surface area (Å²) in [5.41, 5.74) is 0.713. The first-order valence-electron chi connectivity index (χ1n) is 6.59. The monoisotopic (exact) mass is 278 g/mol. The number of carbonyl (C=O) groups excluding carboxylic acids is 1. The molecule has 0 unspecified atom stereocenters. The molecule has 1 aliphatic heterocycles. The van der Waals surface area contributed by atoms with Crippen molar-refractivity contribution >= 4 is 17.7 Å². The minimum Gasteiger partial charge on any atom is -0.481 e. The van der Waals surface area contributed by atoms with E-state index >= 15 is 0 Å². The predicted molar refractivity (Wildman–Crippen MR) is 73.8 cm³/mol. The van der Waals surface area contributed by atoms with Crippen molar-refractivity contribution in [2.75, 3.05) is 37.7 Å². The minimum absolute atomic E-state index is 0.0784. The third-order valence-electron chi connectivity index (χ3n) is 3.13. The number of aliphatic carboxylic acids is 1. The van der Waals surface area contributed by atoms with Gasteiger partial charge < -0.3 is 14.7 Å². The maximum Gasteiger partial charge on any atom is 0.324 e. The molecule has 20 heavy (non-hydrogen) atoms. The molecule has 0 bridgehead atoms. The van der Waals surface area contributed by atoms with Crippen molar-refractivity contribution in [3.8, 4) is 0 Å². The molecule has 1 heterocycles. The number of hydrogen-bond acceptors (Lipinski definition) is 3. The maximum absolute atomic E-state index is 12.5. The van der Waals surface area contributed by atoms with Gasteiger partial charge in [-0.25, -0.2) is 4.79 Å². The molecule has 0 spiro atoms. The number of morpholine rings is 1. The number of carbonyl (C=O) groups is 2. The van der Waals surface area contributed by atoms with E-state index in [1.807, 2.05) is 18.2 Å². The van der Waals surface area contributed by atoms with E-state index in [9.17, 15) is 9.59 Å². The zero-order chi connectivity index (χ0) is 14.4. The van der Waals surface area contributed by atoms with Gasteiger partial charge >= 0.3 is 12.0 Å². The number of carboxylic acid groups (broad SMARTS) is 1. The van der Waals surface area contributed by atoms with Crippen LogP contribution < -0.4 is 4.90 Å². The number of ether oxygens (including phenoxy) is 1. The molecule has 1 aromatic rings. The van der Waals surface area contributed by atoms with Gasteiger partial charge in [0, 0.05) is 25.3 Å². The molecule has 1 saturated heterocycles. The predicted octanol–water partition coefficient (Wildman–Crippen LogP) is 1.42. The Morgan fingerprint density at radius 2 is 1.85 bits per heavy atom. The van der Waals surface area contributed by atoms with E-state index < -0.39 is 5.97 Å². The molecule has 1 fully saturated rings. The van der Waals surface area contributed by atoms with Crippen LogP contribution in [0, 0.1) is 0 Å². The van der Waals surface area contributed by atoms with Crippen molar-refractivity contribution in [2.45, 2.75) is 6.42 Å². The van der Waals surface area contributed by atoms with Crippen LogP contribution in [0.4, 0.5) is 10.5 Å². The van der Waals surface area contributed by atoms with Gasteiger partial charge in [0.2, 0.25) is 0 Å². The first-order chi connectivity index (χ1) is 9.68. The van der Waals surface area contributed by atoms with E-state index in [-0.39, 0.29) is 19.0 Å². The SMILES string of the molecule is O=C(O)CCN(C(=O)N1CCOCC1)c1ccccc1. The van der Waals surface area contributed by atoms with E-state index in [0.29, 0.717) is 32.0 Å². The van der Waals surface area contributed by atoms with Crippen LogP contribution in [0.25, 0.3) is 0 Å². The maximum atomic E-state index is 12.5. The van der Waals surface area contributed by atoms with Gasteiger partial charge in [-0.05, 0) is 12.1 Å². The molecular weight excluding hydrogens is 260 g/mol. The Hall–Kier alpha value is -2.08. The highest BCUT2D eigenvalue weighted by atomic mass is 16.5. The first kappa shape index (κ1) is 14.3. The molecule has 6 heteroatoms. The third-order valence-corrected chi connectivity index (χ3v) is 3.13. The van der Waals surface area contributed by atoms with Crippen LogP contribution in [0.2, 0.25) is 0 Å². The fourth-order valence-corrected chi connectivity index (χ4v) is 2.08. The summed E-state index contributed by atoms with van der Waals surface area (Å²) in [5, 5.41) is 8.83. The van der Waals surface area contributed by atoms with Crippen molar-refractivity contribution in [3.05, 3.63) is 30.3 Å². The van der Waals surface area contributed by atoms with Gasteiger partial charge in [0.1, 0.15) is 0 Å². The lowest BCUT2D eigenvalue weighted by atomic mass is 10.2. The van der Waals surface area contributed by atoms with Crippen LogP contribution in [-0.2, 0) is 9.53 Å². The van der Waals surface area contributed by atoms with E-state index in [2.05, 4.69) is 0 Å². The molecule has 2 amide bonds. The second-order valence-electron chi connectivity index (χ2n) is 4.51. The Bertz CT molecular complexity index is 458. The molecule has 0 aromatic heterocycles. The molecular formula is C14H18N2O4. The third kappa shape index (κ3) is 3.71. The summed E-state index contributed by atoms with van der Waals surface area (Å²) >= 11 is 0. The van der Waals surface area contributed by atoms with Crippen LogP contribution in [0.15, 0.2) is 30.3 Å². The number of para-hydroxylation sites is 1. The fraction of sp³-hybridized carbons (Fsp3) is 0.429. The van der Waals surface area contributed by atoms with Gasteiger partial charge in [0.05, 0.1) is 19.6 Å². The van der Waals surface area contributed by atoms with Gasteiger partial charge in [-0.15, -0.1) is 0 Å². The van der Waals surface area contributed by atoms with Gasteiger partial charge in [0.25, 0.3) is 0 Å². The highest BCUT2D eigenvalue weighted by molar-refractivity contribution is 5.92. The van der Waals surface area contributed by atoms with Crippen LogP contribution in [0.1, 0.15) is 6.42 Å². The van der Waals surface area contributed by atoms with Crippen molar-refractivity contribution < 1.29 is 19.4 Å². The minimum atomic E-state index is -0.916. The molecule has 108 valence electrons. The molecule has 0 aliphatic carbocycles. The van der Waals surface area contributed by atoms with Gasteiger partial charge in [-0.2, -0.15) is 0 Å². The Kier molecular flexibility index (Phi) is 4.95. The molecule has 0 radical (unpaired) electrons. The van der Waals surface area contributed by atoms with Crippen molar-refractivity contribution in [3.63, 3.8) is 0 Å². The molecule has 0 atom stereocenters. The van der Waals surface area contributed by atoms with E-state index in [0.717, 1.165) is 0 Å². The van der Waals surface area contributed by atoms with Crippen LogP contribution in [-0.4, -0.2) is 54.9 Å². The molecule has 0 saturated carbocycles. The molecule has 6 nitrogen and oxygen atoms in total. The summed E-state index contributed by atoms with van der Waals surface area (Å²) in [6, 6.07) is 8.96. The summed E-state index contributed by atoms with van der Waals surface area (Å²) < 4.78 is 5.23. The van der Waals surface area contributed by atoms with Gasteiger partial charge in [-0.1, -0.05) is 18.2 Å². The number of amides is 2. The number of anilines is 1. The summed E-state index contributed by atoms with van der Waals surface area (Å²) in [4.78, 5) is 26.5. The summed E-state index contributed by atoms with van der Waals surface area (Å²) in [5.74, 6) is -0.916. The zero-order valence-electron chi connectivity index (χ0n) is 11.2. The molecule has 1 aromatic carbocycles. The summed E-state index contributed by atoms with van der Waals surface area (Å²) in [6.07, 6.45) is -0.0784. The Morgan fingerprint density at radius 1 is 1.20 bits per heavy atom. The number of rotatable bonds is 4. The van der Waals surface area contributed by atoms with Crippen molar-refractivity contribution in [1.29, 1.82) is 0 Å². The number of nitrogens with zero attached hydrogens (tertiary/aromatic N) is 2. The highest BCUT2D eigenvalue weighted by Crippen LogP contribution is 2.16. The number of benzene rings is 1. The van der Waals surface area contributed by atoms with Gasteiger partial charge in [0.15, 0.2) is 0 Å². The highest BCUT2D eigenvalue weighted by Gasteiger charge is 2.24. The molecule has 1 N–H and O–H groups in total. The lowest BCUT2D eigenvalue weighted by Gasteiger charge is -2.32. The lowest BCUT2D eigenvalue weighted by molar-refractivity contribution is -0.136. The lowest BCUT2D eigenvalue weighted by Crippen LogP contribution is -2.49. The van der Waals surface area contributed by atoms with Gasteiger partial charge in [-0.3, -0.25) is 9.69 Å². The smallest absolute Gasteiger partial charge is 0.324 e. The average molecular weight is 278 g/mol. The fourth-order valence-electron chi connectivity index (χ4n) is 2.08. The van der Waals surface area contributed by atoms with E-state index in [1.165, 1.54) is 4.90 Å². The average Bonchev–Trinajstić information content (AvgIpc) is 2.49. The summed E-state index contributed by atoms with van der Waals surface area (Å²) in [7, 11) is 0. The molecule has 1 aliphatic rings. The van der Waals surface area contributed by atoms with Crippen molar-refractivity contribution in [1.82, 2.24) is 4.90 Å². The largest absolute Gasteiger partial charge is 0.481 e. The van der Waals surface area contributed by atoms with Crippen LogP contribution in [0.3, 0.4) is 0 Å². The molecule has 2 rings (SSSR count). The van der Waals surface area contributed by atoms with E-state index in [1.54, 1.807) is 17.0 Å². The Balaban J connectivity index is 2.12. The summed E-state index contributed by atoms with van der Waals surface area (Å²) in [6.45, 7) is 2.28. The van der Waals surface area contributed by atoms with Crippen LogP contribution >= 0.6 is 0 Å². The number of urea groups is 1. The number of carboxylic acids is 1. The van der Waals surface area contributed by atoms with Crippen LogP contribution in [0.5, 0.6) is 0 Å². The standard InChI is InChI=1S/C14H18N2O4/c17-13(18)6-7-16(12-4-2-1-3-5-12)14(19)15-8-10-20-11-9-15/h1-5H,6-11H2,(H,17,18). The quantitative estimate of drug-likeness (QED) is 0.904. The van der Waals surface area contributed by atoms with Crippen molar-refractivity contribution in [2.24, 2.45) is 0 Å². The second-order valence-corrected chi connectivity index (χ2v) is 4.51.